The van der Waals surface area contributed by atoms with E-state index in [1.54, 1.807) is 24.1 Å². The first-order chi connectivity index (χ1) is 12.5. The second-order valence-corrected chi connectivity index (χ2v) is 7.07. The van der Waals surface area contributed by atoms with Crippen molar-refractivity contribution in [2.45, 2.75) is 19.4 Å². The number of Topliss-reactive ketones (excluding diaryl/α,β-unsaturated/α-hetero) is 1. The number of hydrogen-bond donors (Lipinski definition) is 0. The van der Waals surface area contributed by atoms with Crippen molar-refractivity contribution in [1.29, 1.82) is 0 Å². The molecule has 6 heteroatoms. The summed E-state index contributed by atoms with van der Waals surface area (Å²) in [7, 11) is 1.74. The van der Waals surface area contributed by atoms with E-state index in [2.05, 4.69) is 15.9 Å². The molecule has 1 heterocycles. The van der Waals surface area contributed by atoms with Crippen LogP contribution < -0.4 is 9.47 Å². The summed E-state index contributed by atoms with van der Waals surface area (Å²) >= 11 is 3.34. The third-order valence-corrected chi connectivity index (χ3v) is 4.71. The number of amides is 1. The van der Waals surface area contributed by atoms with Gasteiger partial charge in [0.25, 0.3) is 0 Å². The number of ketones is 1. The van der Waals surface area contributed by atoms with Gasteiger partial charge in [0.1, 0.15) is 13.2 Å². The molecule has 5 nitrogen and oxygen atoms in total. The minimum absolute atomic E-state index is 0.0291. The lowest BCUT2D eigenvalue weighted by molar-refractivity contribution is -0.130. The fourth-order valence-electron chi connectivity index (χ4n) is 2.74. The highest BCUT2D eigenvalue weighted by Gasteiger charge is 2.16. The van der Waals surface area contributed by atoms with Crippen LogP contribution in [0.5, 0.6) is 11.5 Å². The Labute approximate surface area is 161 Å². The molecule has 0 unspecified atom stereocenters. The monoisotopic (exact) mass is 417 g/mol. The van der Waals surface area contributed by atoms with E-state index in [9.17, 15) is 9.59 Å². The van der Waals surface area contributed by atoms with Crippen molar-refractivity contribution in [3.63, 3.8) is 0 Å². The minimum atomic E-state index is -0.0645. The van der Waals surface area contributed by atoms with E-state index in [0.29, 0.717) is 31.1 Å². The first kappa shape index (κ1) is 18.5. The molecule has 0 N–H and O–H groups in total. The van der Waals surface area contributed by atoms with Crippen LogP contribution in [0.25, 0.3) is 0 Å². The first-order valence-corrected chi connectivity index (χ1v) is 9.23. The van der Waals surface area contributed by atoms with E-state index in [1.807, 2.05) is 30.3 Å². The Morgan fingerprint density at radius 1 is 1.00 bits per heavy atom. The first-order valence-electron chi connectivity index (χ1n) is 8.44. The van der Waals surface area contributed by atoms with Crippen LogP contribution in [0.15, 0.2) is 46.9 Å². The summed E-state index contributed by atoms with van der Waals surface area (Å²) < 4.78 is 12.0. The van der Waals surface area contributed by atoms with Gasteiger partial charge in [0.2, 0.25) is 5.91 Å². The van der Waals surface area contributed by atoms with Gasteiger partial charge < -0.3 is 14.4 Å². The number of halogens is 1. The second-order valence-electron chi connectivity index (χ2n) is 6.16. The molecule has 0 radical (unpaired) electrons. The van der Waals surface area contributed by atoms with Crippen LogP contribution in [0.4, 0.5) is 0 Å². The average Bonchev–Trinajstić information content (AvgIpc) is 2.66. The largest absolute Gasteiger partial charge is 0.486 e. The van der Waals surface area contributed by atoms with Crippen LogP contribution in [0.1, 0.15) is 28.8 Å². The smallest absolute Gasteiger partial charge is 0.223 e. The van der Waals surface area contributed by atoms with Crippen LogP contribution in [-0.2, 0) is 11.3 Å². The zero-order valence-electron chi connectivity index (χ0n) is 14.5. The van der Waals surface area contributed by atoms with E-state index in [-0.39, 0.29) is 24.5 Å². The van der Waals surface area contributed by atoms with E-state index in [1.165, 1.54) is 0 Å². The minimum Gasteiger partial charge on any atom is -0.486 e. The molecular weight excluding hydrogens is 398 g/mol. The summed E-state index contributed by atoms with van der Waals surface area (Å²) in [5.41, 5.74) is 1.58. The zero-order valence-corrected chi connectivity index (χ0v) is 16.1. The fraction of sp³-hybridized carbons (Fsp3) is 0.300. The maximum Gasteiger partial charge on any atom is 0.223 e. The maximum absolute atomic E-state index is 12.3. The molecule has 0 spiro atoms. The Morgan fingerprint density at radius 2 is 1.69 bits per heavy atom. The van der Waals surface area contributed by atoms with E-state index < -0.39 is 0 Å². The SMILES string of the molecule is CN(Cc1ccc2c(c1)OCCO2)C(=O)CCC(=O)c1ccc(Br)cc1. The maximum atomic E-state index is 12.3. The highest BCUT2D eigenvalue weighted by atomic mass is 79.9. The number of ether oxygens (including phenoxy) is 2. The fourth-order valence-corrected chi connectivity index (χ4v) is 3.00. The Bertz CT molecular complexity index is 804. The number of nitrogens with zero attached hydrogens (tertiary/aromatic N) is 1. The van der Waals surface area contributed by atoms with Crippen LogP contribution >= 0.6 is 15.9 Å². The van der Waals surface area contributed by atoms with Crippen molar-refractivity contribution in [1.82, 2.24) is 4.90 Å². The molecule has 0 bridgehead atoms. The van der Waals surface area contributed by atoms with Gasteiger partial charge in [-0.05, 0) is 29.8 Å². The Balaban J connectivity index is 1.53. The second kappa shape index (κ2) is 8.36. The van der Waals surface area contributed by atoms with Crippen LogP contribution in [0.3, 0.4) is 0 Å². The molecule has 2 aromatic rings. The normalized spacial score (nSPS) is 12.5. The molecule has 26 heavy (non-hydrogen) atoms. The van der Waals surface area contributed by atoms with E-state index >= 15 is 0 Å². The van der Waals surface area contributed by atoms with Gasteiger partial charge in [-0.15, -0.1) is 0 Å². The lowest BCUT2D eigenvalue weighted by Crippen LogP contribution is -2.26. The lowest BCUT2D eigenvalue weighted by Gasteiger charge is -2.21. The molecule has 0 aliphatic carbocycles. The number of carbonyl (C=O) groups excluding carboxylic acids is 2. The van der Waals surface area contributed by atoms with Gasteiger partial charge in [0, 0.05) is 36.5 Å². The van der Waals surface area contributed by atoms with Gasteiger partial charge in [0.05, 0.1) is 0 Å². The van der Waals surface area contributed by atoms with Crippen molar-refractivity contribution in [2.24, 2.45) is 0 Å². The predicted octanol–water partition coefficient (Wildman–Crippen LogP) is 3.84. The van der Waals surface area contributed by atoms with Crippen molar-refractivity contribution in [3.05, 3.63) is 58.1 Å². The third kappa shape index (κ3) is 4.64. The van der Waals surface area contributed by atoms with Crippen LogP contribution in [-0.4, -0.2) is 36.9 Å². The van der Waals surface area contributed by atoms with Crippen molar-refractivity contribution >= 4 is 27.6 Å². The Morgan fingerprint density at radius 3 is 2.42 bits per heavy atom. The number of hydrogen-bond acceptors (Lipinski definition) is 4. The number of carbonyl (C=O) groups is 2. The summed E-state index contributed by atoms with van der Waals surface area (Å²) in [6.07, 6.45) is 0.391. The summed E-state index contributed by atoms with van der Waals surface area (Å²) in [6.45, 7) is 1.54. The van der Waals surface area contributed by atoms with Crippen molar-refractivity contribution in [3.8, 4) is 11.5 Å². The van der Waals surface area contributed by atoms with Gasteiger partial charge in [-0.3, -0.25) is 9.59 Å². The standard InChI is InChI=1S/C20H20BrNO4/c1-22(13-14-2-8-18-19(12-14)26-11-10-25-18)20(24)9-7-17(23)15-3-5-16(21)6-4-15/h2-6,8,12H,7,9-11,13H2,1H3. The number of benzene rings is 2. The Hall–Kier alpha value is -2.34. The average molecular weight is 418 g/mol. The molecule has 1 aliphatic rings. The van der Waals surface area contributed by atoms with E-state index in [0.717, 1.165) is 15.8 Å². The van der Waals surface area contributed by atoms with Crippen LogP contribution in [0.2, 0.25) is 0 Å². The van der Waals surface area contributed by atoms with Crippen LogP contribution in [0, 0.1) is 0 Å². The summed E-state index contributed by atoms with van der Waals surface area (Å²) in [4.78, 5) is 26.1. The lowest BCUT2D eigenvalue weighted by atomic mass is 10.1. The molecule has 1 amide bonds. The third-order valence-electron chi connectivity index (χ3n) is 4.18. The molecule has 0 fully saturated rings. The van der Waals surface area contributed by atoms with E-state index in [4.69, 9.17) is 9.47 Å². The quantitative estimate of drug-likeness (QED) is 0.669. The van der Waals surface area contributed by atoms with Gasteiger partial charge in [-0.25, -0.2) is 0 Å². The molecule has 2 aromatic carbocycles. The van der Waals surface area contributed by atoms with Gasteiger partial charge in [0.15, 0.2) is 17.3 Å². The summed E-state index contributed by atoms with van der Waals surface area (Å²) in [5, 5.41) is 0. The summed E-state index contributed by atoms with van der Waals surface area (Å²) in [6, 6.07) is 12.8. The zero-order chi connectivity index (χ0) is 18.5. The van der Waals surface area contributed by atoms with Crippen molar-refractivity contribution < 1.29 is 19.1 Å². The molecule has 0 saturated carbocycles. The van der Waals surface area contributed by atoms with Gasteiger partial charge in [-0.1, -0.05) is 34.1 Å². The number of rotatable bonds is 6. The molecular formula is C20H20BrNO4. The predicted molar refractivity (Wildman–Crippen MR) is 102 cm³/mol. The van der Waals surface area contributed by atoms with Gasteiger partial charge in [-0.2, -0.15) is 0 Å². The van der Waals surface area contributed by atoms with Crippen molar-refractivity contribution in [2.75, 3.05) is 20.3 Å². The molecule has 0 aromatic heterocycles. The molecule has 1 aliphatic heterocycles. The molecule has 3 rings (SSSR count). The van der Waals surface area contributed by atoms with Gasteiger partial charge >= 0.3 is 0 Å². The molecule has 0 saturated heterocycles. The molecule has 0 atom stereocenters. The number of fused-ring (bicyclic) bond motifs is 1. The topological polar surface area (TPSA) is 55.8 Å². The summed E-state index contributed by atoms with van der Waals surface area (Å²) in [5.74, 6) is 1.35. The highest BCUT2D eigenvalue weighted by molar-refractivity contribution is 9.10. The highest BCUT2D eigenvalue weighted by Crippen LogP contribution is 2.31. The Kier molecular flexibility index (Phi) is 5.93. The molecule has 136 valence electrons.